The van der Waals surface area contributed by atoms with Crippen molar-refractivity contribution in [3.63, 3.8) is 0 Å². The van der Waals surface area contributed by atoms with Crippen molar-refractivity contribution >= 4 is 19.2 Å². The summed E-state index contributed by atoms with van der Waals surface area (Å²) in [5.41, 5.74) is 6.54. The summed E-state index contributed by atoms with van der Waals surface area (Å²) in [6, 6.07) is 16.4. The lowest BCUT2D eigenvalue weighted by Gasteiger charge is -2.22. The lowest BCUT2D eigenvalue weighted by atomic mass is 9.97. The Kier molecular flexibility index (Phi) is 9.91. The summed E-state index contributed by atoms with van der Waals surface area (Å²) in [7, 11) is -3.66. The lowest BCUT2D eigenvalue weighted by molar-refractivity contribution is -0.385. The van der Waals surface area contributed by atoms with Crippen LogP contribution in [0.5, 0.6) is 0 Å². The van der Waals surface area contributed by atoms with Crippen molar-refractivity contribution in [2.75, 3.05) is 6.16 Å². The van der Waals surface area contributed by atoms with Gasteiger partial charge in [0.05, 0.1) is 5.92 Å². The van der Waals surface area contributed by atoms with Crippen molar-refractivity contribution in [3.05, 3.63) is 60.2 Å². The van der Waals surface area contributed by atoms with Gasteiger partial charge in [-0.25, -0.2) is 0 Å². The molecule has 0 spiro atoms. The van der Waals surface area contributed by atoms with E-state index >= 15 is 0 Å². The number of aliphatic carboxylic acids is 1. The molecule has 2 rings (SSSR count). The Morgan fingerprint density at radius 1 is 1.03 bits per heavy atom. The van der Waals surface area contributed by atoms with Gasteiger partial charge in [0.2, 0.25) is 5.91 Å². The van der Waals surface area contributed by atoms with Gasteiger partial charge in [0.1, 0.15) is 6.04 Å². The molecule has 0 aromatic heterocycles. The van der Waals surface area contributed by atoms with Crippen molar-refractivity contribution in [1.29, 1.82) is 0 Å². The zero-order valence-corrected chi connectivity index (χ0v) is 19.5. The van der Waals surface area contributed by atoms with Crippen LogP contribution >= 0.6 is 7.37 Å². The number of benzene rings is 2. The molecule has 6 N–H and O–H groups in total. The van der Waals surface area contributed by atoms with Gasteiger partial charge in [0, 0.05) is 6.16 Å². The van der Waals surface area contributed by atoms with Gasteiger partial charge < -0.3 is 38.0 Å². The second-order valence-electron chi connectivity index (χ2n) is 7.32. The van der Waals surface area contributed by atoms with Crippen molar-refractivity contribution in [3.8, 4) is 11.1 Å². The van der Waals surface area contributed by atoms with Gasteiger partial charge in [0.25, 0.3) is 7.37 Å². The zero-order valence-electron chi connectivity index (χ0n) is 17.0. The van der Waals surface area contributed by atoms with E-state index in [0.717, 1.165) is 16.7 Å². The van der Waals surface area contributed by atoms with E-state index in [-0.39, 0.29) is 29.6 Å². The van der Waals surface area contributed by atoms with Crippen LogP contribution in [0, 0.1) is 5.92 Å². The number of amides is 1. The molecule has 30 heavy (non-hydrogen) atoms. The molecule has 4 atom stereocenters. The number of hydrogen-bond donors (Lipinski definition) is 4. The predicted octanol–water partition coefficient (Wildman–Crippen LogP) is -1.04. The van der Waals surface area contributed by atoms with Gasteiger partial charge >= 0.3 is 5.97 Å². The molecule has 0 saturated carbocycles. The van der Waals surface area contributed by atoms with Gasteiger partial charge in [-0.15, -0.1) is 0 Å². The predicted molar refractivity (Wildman–Crippen MR) is 111 cm³/mol. The SMILES string of the molecule is C[C@H](NC(=O)[C@H](Cc1ccc(-c2ccccc2)cc1)CP(=O)(O)[C@H](C)[NH3+])C(=O)O.[Br-]. The molecule has 2 aromatic carbocycles. The molecule has 0 fully saturated rings. The van der Waals surface area contributed by atoms with Crippen LogP contribution in [0.4, 0.5) is 0 Å². The van der Waals surface area contributed by atoms with Crippen LogP contribution in [0.15, 0.2) is 54.6 Å². The molecule has 0 bridgehead atoms. The number of halogens is 1. The highest BCUT2D eigenvalue weighted by atomic mass is 79.9. The van der Waals surface area contributed by atoms with Crippen LogP contribution in [-0.4, -0.2) is 39.9 Å². The Morgan fingerprint density at radius 3 is 2.07 bits per heavy atom. The summed E-state index contributed by atoms with van der Waals surface area (Å²) in [6.07, 6.45) is -0.0270. The molecule has 1 amide bonds. The zero-order chi connectivity index (χ0) is 21.6. The molecule has 0 radical (unpaired) electrons. The minimum Gasteiger partial charge on any atom is -1.00 e. The molecular weight excluding hydrogens is 471 g/mol. The number of quaternary nitrogens is 1. The van der Waals surface area contributed by atoms with Crippen molar-refractivity contribution < 1.29 is 46.9 Å². The third kappa shape index (κ3) is 7.36. The normalized spacial score (nSPS) is 15.7. The second kappa shape index (κ2) is 11.4. The monoisotopic (exact) mass is 498 g/mol. The van der Waals surface area contributed by atoms with E-state index in [2.05, 4.69) is 11.1 Å². The minimum atomic E-state index is -3.66. The Bertz CT molecular complexity index is 890. The Hall–Kier alpha value is -1.99. The largest absolute Gasteiger partial charge is 1.00 e. The van der Waals surface area contributed by atoms with Crippen molar-refractivity contribution in [1.82, 2.24) is 5.32 Å². The Morgan fingerprint density at radius 2 is 1.57 bits per heavy atom. The van der Waals surface area contributed by atoms with Gasteiger partial charge in [0.15, 0.2) is 5.78 Å². The van der Waals surface area contributed by atoms with E-state index < -0.39 is 37.0 Å². The molecule has 2 aromatic rings. The molecule has 1 unspecified atom stereocenters. The van der Waals surface area contributed by atoms with Gasteiger partial charge in [-0.2, -0.15) is 0 Å². The number of rotatable bonds is 9. The third-order valence-corrected chi connectivity index (χ3v) is 7.16. The first-order chi connectivity index (χ1) is 13.6. The molecule has 7 nitrogen and oxygen atoms in total. The second-order valence-corrected chi connectivity index (χ2v) is 10.1. The topological polar surface area (TPSA) is 131 Å². The maximum Gasteiger partial charge on any atom is 0.325 e. The average Bonchev–Trinajstić information content (AvgIpc) is 2.68. The maximum atomic E-state index is 12.6. The number of carboxylic acids is 1. The lowest BCUT2D eigenvalue weighted by Crippen LogP contribution is -3.00. The fourth-order valence-corrected chi connectivity index (χ4v) is 4.16. The first kappa shape index (κ1) is 26.0. The number of nitrogens with one attached hydrogen (secondary N) is 1. The molecule has 0 saturated heterocycles. The molecule has 164 valence electrons. The van der Waals surface area contributed by atoms with Crippen molar-refractivity contribution in [2.45, 2.75) is 32.1 Å². The fourth-order valence-electron chi connectivity index (χ4n) is 2.88. The summed E-state index contributed by atoms with van der Waals surface area (Å²) < 4.78 is 12.5. The molecule has 0 heterocycles. The first-order valence-electron chi connectivity index (χ1n) is 9.42. The number of carboxylic acid groups (broad SMARTS) is 1. The van der Waals surface area contributed by atoms with Crippen LogP contribution in [0.2, 0.25) is 0 Å². The van der Waals surface area contributed by atoms with E-state index in [4.69, 9.17) is 5.11 Å². The van der Waals surface area contributed by atoms with Crippen molar-refractivity contribution in [2.24, 2.45) is 5.92 Å². The van der Waals surface area contributed by atoms with E-state index in [1.165, 1.54) is 13.8 Å². The Balaban J connectivity index is 0.00000450. The van der Waals surface area contributed by atoms with Crippen LogP contribution < -0.4 is 28.0 Å². The maximum absolute atomic E-state index is 12.6. The molecule has 0 aliphatic carbocycles. The van der Waals surface area contributed by atoms with E-state index in [1.54, 1.807) is 0 Å². The highest BCUT2D eigenvalue weighted by Crippen LogP contribution is 2.45. The van der Waals surface area contributed by atoms with E-state index in [9.17, 15) is 19.0 Å². The Labute approximate surface area is 186 Å². The molecular formula is C21H28BrN2O5P. The minimum absolute atomic E-state index is 0. The quantitative estimate of drug-likeness (QED) is 0.328. The summed E-state index contributed by atoms with van der Waals surface area (Å²) in [4.78, 5) is 33.9. The van der Waals surface area contributed by atoms with Gasteiger partial charge in [-0.1, -0.05) is 54.6 Å². The summed E-state index contributed by atoms with van der Waals surface area (Å²) in [6.45, 7) is 2.89. The first-order valence-corrected chi connectivity index (χ1v) is 11.3. The molecule has 0 aliphatic heterocycles. The fraction of sp³-hybridized carbons (Fsp3) is 0.333. The highest BCUT2D eigenvalue weighted by Gasteiger charge is 2.35. The summed E-state index contributed by atoms with van der Waals surface area (Å²) >= 11 is 0. The van der Waals surface area contributed by atoms with Crippen LogP contribution in [-0.2, 0) is 20.6 Å². The average molecular weight is 499 g/mol. The van der Waals surface area contributed by atoms with Gasteiger partial charge in [-0.3, -0.25) is 14.2 Å². The van der Waals surface area contributed by atoms with E-state index in [1.807, 2.05) is 54.6 Å². The number of carbonyl (C=O) groups is 2. The van der Waals surface area contributed by atoms with Crippen LogP contribution in [0.3, 0.4) is 0 Å². The summed E-state index contributed by atoms with van der Waals surface area (Å²) in [5, 5.41) is 11.4. The molecule has 0 aliphatic rings. The van der Waals surface area contributed by atoms with Crippen LogP contribution in [0.1, 0.15) is 19.4 Å². The van der Waals surface area contributed by atoms with Gasteiger partial charge in [-0.05, 0) is 37.0 Å². The highest BCUT2D eigenvalue weighted by molar-refractivity contribution is 7.58. The van der Waals surface area contributed by atoms with Crippen LogP contribution in [0.25, 0.3) is 11.1 Å². The number of hydrogen-bond acceptors (Lipinski definition) is 3. The number of carbonyl (C=O) groups excluding carboxylic acids is 1. The van der Waals surface area contributed by atoms with E-state index in [0.29, 0.717) is 0 Å². The third-order valence-electron chi connectivity index (χ3n) is 4.81. The summed E-state index contributed by atoms with van der Waals surface area (Å²) in [5.74, 6) is -3.28. The molecule has 9 heteroatoms. The standard InChI is InChI=1S/C21H27N2O5P.BrH/c1-14(21(25)26)23-20(24)19(13-29(27,28)15(2)22)12-16-8-10-18(11-9-16)17-6-4-3-5-7-17;/h3-11,14-15,19H,12-13,22H2,1-2H3,(H,23,24)(H,25,26)(H,27,28);1H/t14-,15+,19+;/m0./s1. The smallest absolute Gasteiger partial charge is 0.325 e.